The second-order valence-electron chi connectivity index (χ2n) is 18.0. The van der Waals surface area contributed by atoms with Gasteiger partial charge in [-0.1, -0.05) is 11.6 Å². The molecule has 14 nitrogen and oxygen atoms in total. The highest BCUT2D eigenvalue weighted by Crippen LogP contribution is 2.46. The first-order chi connectivity index (χ1) is 31.0. The molecular formula is C44H45ClF6N10O4. The third kappa shape index (κ3) is 7.78. The number of piperidine rings is 3. The predicted molar refractivity (Wildman–Crippen MR) is 230 cm³/mol. The molecule has 2 aromatic carbocycles. The Morgan fingerprint density at radius 1 is 0.954 bits per heavy atom. The van der Waals surface area contributed by atoms with Gasteiger partial charge in [-0.05, 0) is 87.7 Å². The fourth-order valence-corrected chi connectivity index (χ4v) is 10.2. The molecule has 3 atom stereocenters. The quantitative estimate of drug-likeness (QED) is 0.109. The number of anilines is 4. The topological polar surface area (TPSA) is 152 Å². The van der Waals surface area contributed by atoms with Gasteiger partial charge in [0.25, 0.3) is 11.5 Å². The average molecular weight is 927 g/mol. The molecule has 5 aliphatic rings. The van der Waals surface area contributed by atoms with Gasteiger partial charge < -0.3 is 29.7 Å². The zero-order chi connectivity index (χ0) is 45.7. The zero-order valence-corrected chi connectivity index (χ0v) is 36.1. The summed E-state index contributed by atoms with van der Waals surface area (Å²) in [5, 5.41) is 13.4. The number of likely N-dealkylation sites (tertiary alicyclic amines) is 1. The van der Waals surface area contributed by atoms with Crippen LogP contribution in [0.3, 0.4) is 0 Å². The van der Waals surface area contributed by atoms with Crippen molar-refractivity contribution < 1.29 is 40.7 Å². The normalized spacial score (nSPS) is 23.8. The number of imide groups is 1. The number of nitrogens with zero attached hydrogens (tertiary/aromatic N) is 7. The summed E-state index contributed by atoms with van der Waals surface area (Å²) in [6.45, 7) is -0.592. The molecular weight excluding hydrogens is 882 g/mol. The number of pyridine rings is 1. The van der Waals surface area contributed by atoms with Gasteiger partial charge in [0.15, 0.2) is 18.2 Å². The highest BCUT2D eigenvalue weighted by atomic mass is 35.5. The van der Waals surface area contributed by atoms with Crippen LogP contribution in [0.15, 0.2) is 35.3 Å². The van der Waals surface area contributed by atoms with Crippen LogP contribution >= 0.6 is 11.6 Å². The summed E-state index contributed by atoms with van der Waals surface area (Å²) in [6.07, 6.45) is 3.64. The Labute approximate surface area is 372 Å². The molecule has 3 aromatic heterocycles. The summed E-state index contributed by atoms with van der Waals surface area (Å²) < 4.78 is 102. The van der Waals surface area contributed by atoms with Crippen LogP contribution in [0.4, 0.5) is 49.5 Å². The van der Waals surface area contributed by atoms with Crippen LogP contribution in [0, 0.1) is 23.5 Å². The van der Waals surface area contributed by atoms with E-state index in [0.717, 1.165) is 0 Å². The molecule has 5 aromatic rings. The molecule has 344 valence electrons. The lowest BCUT2D eigenvalue weighted by atomic mass is 9.86. The standard InChI is InChI=1S/C44H45ClF6N10O4/c1-58-30-7-5-24(15-26(30)35-37(41(58)64)65-20-44(50,51)38(55-35)22-3-4-22)53-39-28(45)17-52-42(56-39)61-14-11-23(43(48,49)19-61)18-60-12-9-21(10-13-60)32-29(46)16-27-34(57-59(2)36(27)33(32)47)25-6-8-31(62)54-40(25)63/h5,7,15-17,21-23,25,38,55H,3-4,6,8-14,18-20H2,1-2H3,(H,52,53,56)(H,54,62,63)/t23-,25?,38+/m1/s1. The number of halogens is 7. The third-order valence-electron chi connectivity index (χ3n) is 13.8. The number of aryl methyl sites for hydroxylation is 2. The van der Waals surface area contributed by atoms with Gasteiger partial charge in [0.2, 0.25) is 23.5 Å². The Bertz CT molecular complexity index is 2830. The molecule has 7 heterocycles. The molecule has 0 radical (unpaired) electrons. The van der Waals surface area contributed by atoms with Crippen molar-refractivity contribution in [2.24, 2.45) is 25.9 Å². The highest BCUT2D eigenvalue weighted by Gasteiger charge is 2.51. The van der Waals surface area contributed by atoms with Gasteiger partial charge in [0, 0.05) is 61.5 Å². The van der Waals surface area contributed by atoms with Gasteiger partial charge in [0.1, 0.15) is 16.4 Å². The number of nitrogens with one attached hydrogen (secondary N) is 3. The molecule has 1 unspecified atom stereocenters. The molecule has 2 amide bonds. The van der Waals surface area contributed by atoms with E-state index in [9.17, 15) is 14.4 Å². The molecule has 4 fully saturated rings. The van der Waals surface area contributed by atoms with Crippen molar-refractivity contribution in [1.29, 1.82) is 0 Å². The van der Waals surface area contributed by atoms with Gasteiger partial charge in [-0.25, -0.2) is 31.3 Å². The number of carbonyl (C=O) groups is 2. The number of alkyl halides is 4. The molecule has 0 spiro atoms. The maximum absolute atomic E-state index is 16.2. The zero-order valence-electron chi connectivity index (χ0n) is 35.4. The first kappa shape index (κ1) is 43.3. The van der Waals surface area contributed by atoms with Crippen LogP contribution < -0.4 is 31.1 Å². The van der Waals surface area contributed by atoms with Crippen molar-refractivity contribution in [2.45, 2.75) is 74.7 Å². The van der Waals surface area contributed by atoms with E-state index in [1.165, 1.54) is 40.5 Å². The van der Waals surface area contributed by atoms with Crippen LogP contribution in [0.5, 0.6) is 5.75 Å². The van der Waals surface area contributed by atoms with E-state index in [-0.39, 0.29) is 88.7 Å². The van der Waals surface area contributed by atoms with E-state index >= 15 is 26.3 Å². The first-order valence-corrected chi connectivity index (χ1v) is 22.1. The summed E-state index contributed by atoms with van der Waals surface area (Å²) in [5.74, 6) is -11.5. The Morgan fingerprint density at radius 2 is 1.72 bits per heavy atom. The number of carbonyl (C=O) groups excluding carboxylic acids is 2. The van der Waals surface area contributed by atoms with E-state index in [1.807, 2.05) is 4.90 Å². The molecule has 1 saturated carbocycles. The molecule has 65 heavy (non-hydrogen) atoms. The molecule has 3 saturated heterocycles. The van der Waals surface area contributed by atoms with Gasteiger partial charge in [-0.2, -0.15) is 10.1 Å². The molecule has 0 bridgehead atoms. The number of rotatable bonds is 8. The maximum atomic E-state index is 16.2. The van der Waals surface area contributed by atoms with E-state index in [2.05, 4.69) is 31.0 Å². The lowest BCUT2D eigenvalue weighted by Crippen LogP contribution is -2.53. The molecule has 21 heteroatoms. The summed E-state index contributed by atoms with van der Waals surface area (Å²) in [4.78, 5) is 49.6. The van der Waals surface area contributed by atoms with Crippen molar-refractivity contribution in [2.75, 3.05) is 54.9 Å². The number of hydrogen-bond donors (Lipinski definition) is 3. The van der Waals surface area contributed by atoms with Crippen molar-refractivity contribution in [1.82, 2.24) is 34.5 Å². The number of ether oxygens (including phenoxy) is 1. The summed E-state index contributed by atoms with van der Waals surface area (Å²) in [6, 6.07) is 4.96. The van der Waals surface area contributed by atoms with Gasteiger partial charge in [-0.15, -0.1) is 0 Å². The van der Waals surface area contributed by atoms with E-state index < -0.39 is 77.8 Å². The minimum atomic E-state index is -3.21. The highest BCUT2D eigenvalue weighted by molar-refractivity contribution is 6.33. The number of benzene rings is 2. The van der Waals surface area contributed by atoms with Crippen LogP contribution in [-0.2, 0) is 23.7 Å². The number of aromatic nitrogens is 5. The fourth-order valence-electron chi connectivity index (χ4n) is 10.1. The van der Waals surface area contributed by atoms with Crippen molar-refractivity contribution in [3.63, 3.8) is 0 Å². The van der Waals surface area contributed by atoms with Gasteiger partial charge >= 0.3 is 5.92 Å². The molecule has 1 aliphatic carbocycles. The monoisotopic (exact) mass is 926 g/mol. The smallest absolute Gasteiger partial charge is 0.301 e. The Hall–Kier alpha value is -5.63. The van der Waals surface area contributed by atoms with Crippen LogP contribution in [0.2, 0.25) is 5.02 Å². The second-order valence-corrected chi connectivity index (χ2v) is 18.4. The van der Waals surface area contributed by atoms with Crippen LogP contribution in [-0.4, -0.2) is 98.2 Å². The predicted octanol–water partition coefficient (Wildman–Crippen LogP) is 6.97. The molecule has 3 N–H and O–H groups in total. The lowest BCUT2D eigenvalue weighted by Gasteiger charge is -2.41. The molecule has 10 rings (SSSR count). The Balaban J connectivity index is 0.805. The number of fused-ring (bicyclic) bond motifs is 4. The van der Waals surface area contributed by atoms with Gasteiger partial charge in [-0.3, -0.25) is 24.4 Å². The molecule has 4 aliphatic heterocycles. The third-order valence-corrected chi connectivity index (χ3v) is 14.0. The van der Waals surface area contributed by atoms with E-state index in [1.54, 1.807) is 18.2 Å². The summed E-state index contributed by atoms with van der Waals surface area (Å²) in [5.41, 5.74) is 0.681. The summed E-state index contributed by atoms with van der Waals surface area (Å²) in [7, 11) is 3.04. The SMILES string of the molecule is Cn1nc(C2CCC(=O)NC2=O)c2cc(F)c(C3CCN(C[C@H]4CCN(c5ncc(Cl)c(Nc6ccc7c(c6)c6c(c(=O)n7C)OCC(F)(F)[C@H](C7CC7)N6)n5)CC4(F)F)CC3)c(F)c21. The van der Waals surface area contributed by atoms with Crippen molar-refractivity contribution in [3.05, 3.63) is 68.7 Å². The Morgan fingerprint density at radius 3 is 2.45 bits per heavy atom. The Kier molecular flexibility index (Phi) is 10.7. The van der Waals surface area contributed by atoms with Crippen molar-refractivity contribution >= 4 is 68.4 Å². The van der Waals surface area contributed by atoms with Gasteiger partial charge in [0.05, 0.1) is 41.6 Å². The minimum absolute atomic E-state index is 0.0242. The largest absolute Gasteiger partial charge is 0.480 e. The fraction of sp³-hybridized carbons (Fsp3) is 0.500. The minimum Gasteiger partial charge on any atom is -0.480 e. The van der Waals surface area contributed by atoms with Crippen molar-refractivity contribution in [3.8, 4) is 5.75 Å². The number of amides is 2. The van der Waals surface area contributed by atoms with E-state index in [4.69, 9.17) is 16.3 Å². The average Bonchev–Trinajstić information content (AvgIpc) is 4.06. The maximum Gasteiger partial charge on any atom is 0.301 e. The summed E-state index contributed by atoms with van der Waals surface area (Å²) >= 11 is 6.52. The first-order valence-electron chi connectivity index (χ1n) is 21.7. The lowest BCUT2D eigenvalue weighted by molar-refractivity contribution is -0.134. The number of hydrogen-bond acceptors (Lipinski definition) is 11. The van der Waals surface area contributed by atoms with Crippen LogP contribution in [0.25, 0.3) is 21.8 Å². The van der Waals surface area contributed by atoms with Crippen LogP contribution in [0.1, 0.15) is 68.0 Å². The van der Waals surface area contributed by atoms with E-state index in [0.29, 0.717) is 55.4 Å². The second kappa shape index (κ2) is 16.1.